The molecule has 1 aliphatic carbocycles. The highest BCUT2D eigenvalue weighted by molar-refractivity contribution is 7.80. The zero-order valence-corrected chi connectivity index (χ0v) is 10.0. The van der Waals surface area contributed by atoms with Crippen LogP contribution < -0.4 is 11.2 Å². The van der Waals surface area contributed by atoms with E-state index >= 15 is 0 Å². The third-order valence-corrected chi connectivity index (χ3v) is 2.69. The lowest BCUT2D eigenvalue weighted by Gasteiger charge is -2.22. The van der Waals surface area contributed by atoms with Crippen molar-refractivity contribution in [1.29, 1.82) is 0 Å². The second-order valence-electron chi connectivity index (χ2n) is 3.90. The minimum Gasteiger partial charge on any atom is -0.375 e. The van der Waals surface area contributed by atoms with Crippen molar-refractivity contribution in [2.24, 2.45) is 16.8 Å². The molecule has 0 heterocycles. The van der Waals surface area contributed by atoms with Gasteiger partial charge in [0.1, 0.15) is 0 Å². The second-order valence-corrected chi connectivity index (χ2v) is 4.34. The van der Waals surface area contributed by atoms with Crippen LogP contribution in [0, 0.1) is 5.92 Å². The number of hydrogen-bond donors (Lipinski definition) is 2. The van der Waals surface area contributed by atoms with Crippen LogP contribution in [0.25, 0.3) is 0 Å². The van der Waals surface area contributed by atoms with Crippen LogP contribution in [0.4, 0.5) is 0 Å². The fraction of sp³-hybridized carbons (Fsp3) is 0.455. The van der Waals surface area contributed by atoms with Gasteiger partial charge in [0.2, 0.25) is 0 Å². The molecule has 4 heteroatoms. The first-order valence-electron chi connectivity index (χ1n) is 4.95. The molecule has 1 aliphatic rings. The van der Waals surface area contributed by atoms with E-state index in [0.29, 0.717) is 5.92 Å². The fourth-order valence-corrected chi connectivity index (χ4v) is 1.59. The molecule has 0 unspecified atom stereocenters. The van der Waals surface area contributed by atoms with Gasteiger partial charge in [-0.15, -0.1) is 0 Å². The molecule has 0 aliphatic heterocycles. The standard InChI is InChI=1S/C11H17N3S/c1-7(2)9-5-4-8(3)10(6-9)13-14-11(12)15/h4,9H,1,5-6H2,2-3H3,(H3,12,14,15)/b13-10-/t9-/m0/s1. The molecule has 0 bridgehead atoms. The van der Waals surface area contributed by atoms with Gasteiger partial charge in [0.15, 0.2) is 5.11 Å². The molecule has 0 amide bonds. The molecule has 0 aromatic rings. The van der Waals surface area contributed by atoms with Crippen LogP contribution in [0.1, 0.15) is 26.7 Å². The van der Waals surface area contributed by atoms with Crippen molar-refractivity contribution in [3.05, 3.63) is 23.8 Å². The minimum atomic E-state index is 0.202. The maximum absolute atomic E-state index is 5.33. The summed E-state index contributed by atoms with van der Waals surface area (Å²) in [4.78, 5) is 0. The fourth-order valence-electron chi connectivity index (χ4n) is 1.55. The highest BCUT2D eigenvalue weighted by Gasteiger charge is 2.18. The molecular weight excluding hydrogens is 206 g/mol. The SMILES string of the molecule is C=C(C)[C@H]1CC=C(C)/C(=N\NC(N)=S)C1. The lowest BCUT2D eigenvalue weighted by Crippen LogP contribution is -2.27. The van der Waals surface area contributed by atoms with Crippen LogP contribution in [-0.2, 0) is 0 Å². The zero-order valence-electron chi connectivity index (χ0n) is 9.21. The molecule has 0 saturated carbocycles. The lowest BCUT2D eigenvalue weighted by atomic mass is 9.85. The highest BCUT2D eigenvalue weighted by Crippen LogP contribution is 2.26. The molecule has 0 radical (unpaired) electrons. The summed E-state index contributed by atoms with van der Waals surface area (Å²) in [6.45, 7) is 8.08. The number of nitrogens with one attached hydrogen (secondary N) is 1. The summed E-state index contributed by atoms with van der Waals surface area (Å²) in [5.41, 5.74) is 11.4. The average Bonchev–Trinajstić information content (AvgIpc) is 2.16. The van der Waals surface area contributed by atoms with Crippen LogP contribution >= 0.6 is 12.2 Å². The Balaban J connectivity index is 2.75. The maximum Gasteiger partial charge on any atom is 0.184 e. The number of hydrazone groups is 1. The normalized spacial score (nSPS) is 23.5. The van der Waals surface area contributed by atoms with Gasteiger partial charge in [0, 0.05) is 0 Å². The number of allylic oxidation sites excluding steroid dienone is 3. The Labute approximate surface area is 96.1 Å². The van der Waals surface area contributed by atoms with E-state index in [4.69, 9.17) is 18.0 Å². The smallest absolute Gasteiger partial charge is 0.184 e. The molecule has 0 fully saturated rings. The van der Waals surface area contributed by atoms with Crippen LogP contribution in [0.5, 0.6) is 0 Å². The Bertz CT molecular complexity index is 342. The Kier molecular flexibility index (Phi) is 4.03. The van der Waals surface area contributed by atoms with Crippen LogP contribution in [-0.4, -0.2) is 10.8 Å². The van der Waals surface area contributed by atoms with Crippen LogP contribution in [0.3, 0.4) is 0 Å². The summed E-state index contributed by atoms with van der Waals surface area (Å²) in [6.07, 6.45) is 4.14. The van der Waals surface area contributed by atoms with Gasteiger partial charge in [-0.25, -0.2) is 0 Å². The van der Waals surface area contributed by atoms with Crippen molar-refractivity contribution < 1.29 is 0 Å². The highest BCUT2D eigenvalue weighted by atomic mass is 32.1. The Morgan fingerprint density at radius 1 is 1.73 bits per heavy atom. The molecule has 15 heavy (non-hydrogen) atoms. The molecular formula is C11H17N3S. The summed E-state index contributed by atoms with van der Waals surface area (Å²) in [7, 11) is 0. The van der Waals surface area contributed by atoms with Crippen LogP contribution in [0.15, 0.2) is 28.9 Å². The first-order chi connectivity index (χ1) is 7.00. The molecule has 3 nitrogen and oxygen atoms in total. The molecule has 1 rings (SSSR count). The van der Waals surface area contributed by atoms with Gasteiger partial charge in [-0.3, -0.25) is 5.43 Å². The topological polar surface area (TPSA) is 50.4 Å². The second kappa shape index (κ2) is 5.07. The van der Waals surface area contributed by atoms with E-state index < -0.39 is 0 Å². The van der Waals surface area contributed by atoms with E-state index in [-0.39, 0.29) is 5.11 Å². The lowest BCUT2D eigenvalue weighted by molar-refractivity contribution is 0.637. The third-order valence-electron chi connectivity index (χ3n) is 2.60. The Hall–Kier alpha value is -1.16. The third kappa shape index (κ3) is 3.47. The van der Waals surface area contributed by atoms with E-state index in [1.165, 1.54) is 11.1 Å². The summed E-state index contributed by atoms with van der Waals surface area (Å²) < 4.78 is 0. The van der Waals surface area contributed by atoms with Crippen molar-refractivity contribution in [3.63, 3.8) is 0 Å². The van der Waals surface area contributed by atoms with Crippen molar-refractivity contribution in [1.82, 2.24) is 5.43 Å². The average molecular weight is 223 g/mol. The summed E-state index contributed by atoms with van der Waals surface area (Å²) in [5, 5.41) is 4.39. The van der Waals surface area contributed by atoms with Gasteiger partial charge in [-0.05, 0) is 50.4 Å². The number of nitrogens with zero attached hydrogens (tertiary/aromatic N) is 1. The minimum absolute atomic E-state index is 0.202. The number of hydrogen-bond acceptors (Lipinski definition) is 2. The van der Waals surface area contributed by atoms with Gasteiger partial charge < -0.3 is 5.73 Å². The van der Waals surface area contributed by atoms with E-state index in [9.17, 15) is 0 Å². The van der Waals surface area contributed by atoms with E-state index in [0.717, 1.165) is 18.6 Å². The maximum atomic E-state index is 5.33. The first-order valence-corrected chi connectivity index (χ1v) is 5.36. The summed E-state index contributed by atoms with van der Waals surface area (Å²) in [6, 6.07) is 0. The summed E-state index contributed by atoms with van der Waals surface area (Å²) >= 11 is 4.71. The van der Waals surface area contributed by atoms with E-state index in [1.807, 2.05) is 0 Å². The van der Waals surface area contributed by atoms with Gasteiger partial charge in [0.25, 0.3) is 0 Å². The van der Waals surface area contributed by atoms with Crippen molar-refractivity contribution in [2.75, 3.05) is 0 Å². The number of thiocarbonyl (C=S) groups is 1. The monoisotopic (exact) mass is 223 g/mol. The quantitative estimate of drug-likeness (QED) is 0.428. The van der Waals surface area contributed by atoms with E-state index in [1.54, 1.807) is 0 Å². The molecule has 0 saturated heterocycles. The van der Waals surface area contributed by atoms with Gasteiger partial charge in [-0.2, -0.15) is 5.10 Å². The van der Waals surface area contributed by atoms with Crippen molar-refractivity contribution in [2.45, 2.75) is 26.7 Å². The molecule has 0 aromatic carbocycles. The molecule has 3 N–H and O–H groups in total. The van der Waals surface area contributed by atoms with Gasteiger partial charge in [-0.1, -0.05) is 18.2 Å². The molecule has 0 spiro atoms. The predicted octanol–water partition coefficient (Wildman–Crippen LogP) is 2.11. The zero-order chi connectivity index (χ0) is 11.4. The Morgan fingerprint density at radius 2 is 2.40 bits per heavy atom. The first kappa shape index (κ1) is 11.9. The molecule has 1 atom stereocenters. The van der Waals surface area contributed by atoms with E-state index in [2.05, 4.69) is 37.0 Å². The number of nitrogens with two attached hydrogens (primary N) is 1. The van der Waals surface area contributed by atoms with Crippen LogP contribution in [0.2, 0.25) is 0 Å². The molecule has 0 aromatic heterocycles. The van der Waals surface area contributed by atoms with Crippen molar-refractivity contribution >= 4 is 23.0 Å². The number of rotatable bonds is 2. The van der Waals surface area contributed by atoms with Gasteiger partial charge >= 0.3 is 0 Å². The molecule has 82 valence electrons. The largest absolute Gasteiger partial charge is 0.375 e. The van der Waals surface area contributed by atoms with Crippen molar-refractivity contribution in [3.8, 4) is 0 Å². The predicted molar refractivity (Wildman–Crippen MR) is 68.7 cm³/mol. The Morgan fingerprint density at radius 3 is 2.93 bits per heavy atom. The van der Waals surface area contributed by atoms with Gasteiger partial charge in [0.05, 0.1) is 5.71 Å². The summed E-state index contributed by atoms with van der Waals surface area (Å²) in [5.74, 6) is 0.487.